The Morgan fingerprint density at radius 3 is 2.63 bits per heavy atom. The van der Waals surface area contributed by atoms with Crippen LogP contribution >= 0.6 is 11.3 Å². The van der Waals surface area contributed by atoms with Crippen LogP contribution in [0.15, 0.2) is 60.0 Å². The van der Waals surface area contributed by atoms with Crippen molar-refractivity contribution in [2.75, 3.05) is 11.9 Å². The molecule has 3 aromatic rings. The van der Waals surface area contributed by atoms with E-state index in [1.807, 2.05) is 54.6 Å². The number of amides is 1. The van der Waals surface area contributed by atoms with E-state index in [1.54, 1.807) is 5.38 Å². The Kier molecular flexibility index (Phi) is 6.82. The normalized spacial score (nSPS) is 10.4. The van der Waals surface area contributed by atoms with Crippen molar-refractivity contribution < 1.29 is 9.53 Å². The minimum Gasteiger partial charge on any atom is -0.494 e. The van der Waals surface area contributed by atoms with Gasteiger partial charge in [0, 0.05) is 17.6 Å². The summed E-state index contributed by atoms with van der Waals surface area (Å²) in [6.45, 7) is 3.32. The summed E-state index contributed by atoms with van der Waals surface area (Å²) in [5.74, 6) is 0.672. The zero-order valence-electron chi connectivity index (χ0n) is 15.3. The highest BCUT2D eigenvalue weighted by Gasteiger charge is 2.10. The van der Waals surface area contributed by atoms with E-state index in [0.717, 1.165) is 36.4 Å². The summed E-state index contributed by atoms with van der Waals surface area (Å²) in [6.07, 6.45) is 2.16. The van der Waals surface area contributed by atoms with E-state index in [1.165, 1.54) is 11.3 Å². The van der Waals surface area contributed by atoms with Gasteiger partial charge in [-0.2, -0.15) is 0 Å². The van der Waals surface area contributed by atoms with Gasteiger partial charge in [-0.25, -0.2) is 4.98 Å². The summed E-state index contributed by atoms with van der Waals surface area (Å²) in [5, 5.41) is 8.54. The Morgan fingerprint density at radius 1 is 1.11 bits per heavy atom. The third-order valence-corrected chi connectivity index (χ3v) is 4.66. The minimum atomic E-state index is -0.185. The van der Waals surface area contributed by atoms with E-state index in [2.05, 4.69) is 22.5 Å². The van der Waals surface area contributed by atoms with Gasteiger partial charge in [0.05, 0.1) is 6.61 Å². The van der Waals surface area contributed by atoms with Gasteiger partial charge in [0.15, 0.2) is 5.13 Å². The average molecular weight is 382 g/mol. The molecule has 6 heteroatoms. The SMILES string of the molecule is CCCCOc1ccc(CNC(=O)c2csc(Nc3ccccc3)n2)cc1. The van der Waals surface area contributed by atoms with Gasteiger partial charge < -0.3 is 15.4 Å². The van der Waals surface area contributed by atoms with E-state index in [0.29, 0.717) is 17.4 Å². The number of hydrogen-bond acceptors (Lipinski definition) is 5. The van der Waals surface area contributed by atoms with Crippen molar-refractivity contribution >= 4 is 28.1 Å². The molecule has 0 fully saturated rings. The van der Waals surface area contributed by atoms with Gasteiger partial charge in [-0.1, -0.05) is 43.7 Å². The molecule has 1 amide bonds. The molecule has 0 aliphatic carbocycles. The molecular weight excluding hydrogens is 358 g/mol. The highest BCUT2D eigenvalue weighted by Crippen LogP contribution is 2.20. The number of hydrogen-bond donors (Lipinski definition) is 2. The summed E-state index contributed by atoms with van der Waals surface area (Å²) in [7, 11) is 0. The average Bonchev–Trinajstić information content (AvgIpc) is 3.17. The smallest absolute Gasteiger partial charge is 0.271 e. The second kappa shape index (κ2) is 9.73. The van der Waals surface area contributed by atoms with E-state index in [9.17, 15) is 4.79 Å². The topological polar surface area (TPSA) is 63.2 Å². The zero-order valence-corrected chi connectivity index (χ0v) is 16.1. The molecule has 0 aliphatic heterocycles. The quantitative estimate of drug-likeness (QED) is 0.512. The second-order valence-corrected chi connectivity index (χ2v) is 6.92. The predicted molar refractivity (Wildman–Crippen MR) is 110 cm³/mol. The highest BCUT2D eigenvalue weighted by atomic mass is 32.1. The number of anilines is 2. The standard InChI is InChI=1S/C21H23N3O2S/c1-2-3-13-26-18-11-9-16(10-12-18)14-22-20(25)19-15-27-21(24-19)23-17-7-5-4-6-8-17/h4-12,15H,2-3,13-14H2,1H3,(H,22,25)(H,23,24). The molecule has 0 saturated carbocycles. The van der Waals surface area contributed by atoms with Gasteiger partial charge in [0.25, 0.3) is 5.91 Å². The first-order valence-electron chi connectivity index (χ1n) is 9.02. The number of carbonyl (C=O) groups excluding carboxylic acids is 1. The molecule has 1 aromatic heterocycles. The molecule has 5 nitrogen and oxygen atoms in total. The Balaban J connectivity index is 1.49. The van der Waals surface area contributed by atoms with Crippen molar-refractivity contribution in [1.82, 2.24) is 10.3 Å². The number of nitrogens with zero attached hydrogens (tertiary/aromatic N) is 1. The fourth-order valence-electron chi connectivity index (χ4n) is 2.39. The van der Waals surface area contributed by atoms with Crippen molar-refractivity contribution in [3.05, 3.63) is 71.2 Å². The first-order valence-corrected chi connectivity index (χ1v) is 9.90. The van der Waals surface area contributed by atoms with Gasteiger partial charge in [-0.15, -0.1) is 11.3 Å². The molecule has 0 saturated heterocycles. The monoisotopic (exact) mass is 381 g/mol. The molecule has 1 heterocycles. The van der Waals surface area contributed by atoms with Crippen LogP contribution in [0.4, 0.5) is 10.8 Å². The molecule has 3 rings (SSSR count). The molecule has 2 N–H and O–H groups in total. The third-order valence-electron chi connectivity index (χ3n) is 3.90. The van der Waals surface area contributed by atoms with Gasteiger partial charge in [0.1, 0.15) is 11.4 Å². The van der Waals surface area contributed by atoms with Crippen molar-refractivity contribution in [3.8, 4) is 5.75 Å². The van der Waals surface area contributed by atoms with Gasteiger partial charge in [-0.3, -0.25) is 4.79 Å². The molecule has 27 heavy (non-hydrogen) atoms. The number of ether oxygens (including phenoxy) is 1. The maximum Gasteiger partial charge on any atom is 0.271 e. The molecule has 0 spiro atoms. The second-order valence-electron chi connectivity index (χ2n) is 6.06. The number of carbonyl (C=O) groups is 1. The first-order chi connectivity index (χ1) is 13.2. The summed E-state index contributed by atoms with van der Waals surface area (Å²) in [6, 6.07) is 17.6. The van der Waals surface area contributed by atoms with Crippen LogP contribution in [0.5, 0.6) is 5.75 Å². The van der Waals surface area contributed by atoms with Crippen molar-refractivity contribution in [3.63, 3.8) is 0 Å². The lowest BCUT2D eigenvalue weighted by atomic mass is 10.2. The molecule has 0 atom stereocenters. The van der Waals surface area contributed by atoms with Crippen LogP contribution < -0.4 is 15.4 Å². The number of unbranched alkanes of at least 4 members (excludes halogenated alkanes) is 1. The van der Waals surface area contributed by atoms with Crippen LogP contribution in [0.2, 0.25) is 0 Å². The lowest BCUT2D eigenvalue weighted by Gasteiger charge is -2.07. The van der Waals surface area contributed by atoms with Crippen LogP contribution in [0.1, 0.15) is 35.8 Å². The van der Waals surface area contributed by atoms with E-state index in [4.69, 9.17) is 4.74 Å². The predicted octanol–water partition coefficient (Wildman–Crippen LogP) is 5.00. The van der Waals surface area contributed by atoms with E-state index >= 15 is 0 Å². The fourth-order valence-corrected chi connectivity index (χ4v) is 3.10. The van der Waals surface area contributed by atoms with Crippen LogP contribution in [-0.2, 0) is 6.54 Å². The van der Waals surface area contributed by atoms with Gasteiger partial charge >= 0.3 is 0 Å². The summed E-state index contributed by atoms with van der Waals surface area (Å²) in [5.41, 5.74) is 2.38. The Morgan fingerprint density at radius 2 is 1.89 bits per heavy atom. The highest BCUT2D eigenvalue weighted by molar-refractivity contribution is 7.14. The molecule has 0 radical (unpaired) electrons. The number of aromatic nitrogens is 1. The summed E-state index contributed by atoms with van der Waals surface area (Å²) < 4.78 is 5.64. The molecule has 0 unspecified atom stereocenters. The lowest BCUT2D eigenvalue weighted by molar-refractivity contribution is 0.0946. The maximum absolute atomic E-state index is 12.3. The molecule has 0 bridgehead atoms. The van der Waals surface area contributed by atoms with E-state index in [-0.39, 0.29) is 5.91 Å². The number of benzene rings is 2. The maximum atomic E-state index is 12.3. The number of para-hydroxylation sites is 1. The van der Waals surface area contributed by atoms with E-state index < -0.39 is 0 Å². The lowest BCUT2D eigenvalue weighted by Crippen LogP contribution is -2.23. The Bertz CT molecular complexity index is 847. The Labute approximate surface area is 163 Å². The molecular formula is C21H23N3O2S. The number of nitrogens with one attached hydrogen (secondary N) is 2. The summed E-state index contributed by atoms with van der Waals surface area (Å²) >= 11 is 1.41. The van der Waals surface area contributed by atoms with Crippen molar-refractivity contribution in [2.45, 2.75) is 26.3 Å². The number of rotatable bonds is 9. The molecule has 0 aliphatic rings. The summed E-state index contributed by atoms with van der Waals surface area (Å²) in [4.78, 5) is 16.7. The van der Waals surface area contributed by atoms with Crippen molar-refractivity contribution in [2.24, 2.45) is 0 Å². The van der Waals surface area contributed by atoms with Crippen LogP contribution in [0.25, 0.3) is 0 Å². The van der Waals surface area contributed by atoms with Crippen LogP contribution in [0.3, 0.4) is 0 Å². The Hall–Kier alpha value is -2.86. The first kappa shape index (κ1) is 18.9. The molecule has 2 aromatic carbocycles. The third kappa shape index (κ3) is 5.82. The van der Waals surface area contributed by atoms with Crippen LogP contribution in [-0.4, -0.2) is 17.5 Å². The number of thiazole rings is 1. The zero-order chi connectivity index (χ0) is 18.9. The van der Waals surface area contributed by atoms with Gasteiger partial charge in [-0.05, 0) is 36.2 Å². The largest absolute Gasteiger partial charge is 0.494 e. The van der Waals surface area contributed by atoms with Crippen LogP contribution in [0, 0.1) is 0 Å². The van der Waals surface area contributed by atoms with Crippen molar-refractivity contribution in [1.29, 1.82) is 0 Å². The molecule has 140 valence electrons. The minimum absolute atomic E-state index is 0.185. The fraction of sp³-hybridized carbons (Fsp3) is 0.238. The van der Waals surface area contributed by atoms with Gasteiger partial charge in [0.2, 0.25) is 0 Å².